The molecule has 7 heteroatoms. The van der Waals surface area contributed by atoms with Crippen molar-refractivity contribution in [2.75, 3.05) is 6.54 Å². The molecule has 0 spiro atoms. The van der Waals surface area contributed by atoms with Gasteiger partial charge in [-0.05, 0) is 31.5 Å². The van der Waals surface area contributed by atoms with Crippen molar-refractivity contribution in [1.29, 1.82) is 0 Å². The zero-order valence-corrected chi connectivity index (χ0v) is 10.7. The van der Waals surface area contributed by atoms with Gasteiger partial charge in [-0.3, -0.25) is 0 Å². The summed E-state index contributed by atoms with van der Waals surface area (Å²) in [6.45, 7) is 4.76. The second kappa shape index (κ2) is 12.4. The molecular weight excluding hydrogens is 313 g/mol. The number of likely N-dealkylation sites (N-methyl/N-ethyl adjacent to an activating group) is 1. The summed E-state index contributed by atoms with van der Waals surface area (Å²) in [6.07, 6.45) is -3.64. The van der Waals surface area contributed by atoms with Gasteiger partial charge >= 0.3 is 87.1 Å². The zero-order chi connectivity index (χ0) is 12.2. The first kappa shape index (κ1) is 25.8. The van der Waals surface area contributed by atoms with Crippen LogP contribution in [0, 0.1) is 0 Å². The molecule has 1 rings (SSSR count). The Hall–Kier alpha value is 1.90. The van der Waals surface area contributed by atoms with Gasteiger partial charge in [0.2, 0.25) is 0 Å². The van der Waals surface area contributed by atoms with E-state index in [0.29, 0.717) is 12.0 Å². The first-order chi connectivity index (χ1) is 7.43. The fourth-order valence-electron chi connectivity index (χ4n) is 1.65. The fourth-order valence-corrected chi connectivity index (χ4v) is 1.65. The monoisotopic (exact) mass is 331 g/mol. The minimum absolute atomic E-state index is 0. The molecule has 0 aliphatic carbocycles. The van der Waals surface area contributed by atoms with Gasteiger partial charge in [0.15, 0.2) is 0 Å². The van der Waals surface area contributed by atoms with Crippen molar-refractivity contribution in [3.05, 3.63) is 35.4 Å². The Labute approximate surface area is 183 Å². The Morgan fingerprint density at radius 2 is 1.84 bits per heavy atom. The van der Waals surface area contributed by atoms with Gasteiger partial charge in [-0.25, -0.2) is 0 Å². The number of rotatable bonds is 4. The van der Waals surface area contributed by atoms with E-state index in [1.807, 2.05) is 13.8 Å². The Balaban J connectivity index is -0.000000853. The van der Waals surface area contributed by atoms with Gasteiger partial charge < -0.3 is 5.32 Å². The summed E-state index contributed by atoms with van der Waals surface area (Å²) >= 11 is 0. The molecule has 1 atom stereocenters. The normalized spacial score (nSPS) is 11.6. The predicted octanol–water partition coefficient (Wildman–Crippen LogP) is 2.37. The molecule has 0 aromatic heterocycles. The number of halogens is 4. The Kier molecular flexibility index (Phi) is 16.9. The van der Waals surface area contributed by atoms with Crippen LogP contribution in [0.5, 0.6) is 0 Å². The molecule has 0 heterocycles. The molecule has 102 valence electrons. The second-order valence-corrected chi connectivity index (χ2v) is 3.86. The van der Waals surface area contributed by atoms with Crippen LogP contribution in [0.15, 0.2) is 24.3 Å². The summed E-state index contributed by atoms with van der Waals surface area (Å²) in [5.41, 5.74) is 0.136. The average molecular weight is 332 g/mol. The van der Waals surface area contributed by atoms with Crippen LogP contribution < -0.4 is 5.32 Å². The predicted molar refractivity (Wildman–Crippen MR) is 79.8 cm³/mol. The molecule has 0 fully saturated rings. The van der Waals surface area contributed by atoms with E-state index in [4.69, 9.17) is 0 Å². The molecule has 1 aromatic rings. The standard InChI is InChI=1S/C12H16F3N.ClH.K.Na.2H/c1-3-16-9(2)7-10-5-4-6-11(8-10)12(13,14)15;;;;;/h4-6,8-9,16H,3,7H2,1-2H3;1H;;;;. The van der Waals surface area contributed by atoms with E-state index in [0.717, 1.165) is 12.6 Å². The molecule has 1 N–H and O–H groups in total. The van der Waals surface area contributed by atoms with Gasteiger partial charge in [0.1, 0.15) is 0 Å². The molecule has 0 saturated carbocycles. The molecule has 0 amide bonds. The van der Waals surface area contributed by atoms with Gasteiger partial charge in [-0.1, -0.05) is 25.1 Å². The summed E-state index contributed by atoms with van der Waals surface area (Å²) < 4.78 is 37.3. The molecule has 0 saturated heterocycles. The van der Waals surface area contributed by atoms with Crippen LogP contribution in [0.4, 0.5) is 13.2 Å². The summed E-state index contributed by atoms with van der Waals surface area (Å²) in [6, 6.07) is 5.68. The van der Waals surface area contributed by atoms with Gasteiger partial charge in [0.25, 0.3) is 0 Å². The third kappa shape index (κ3) is 10.3. The maximum absolute atomic E-state index is 12.4. The van der Waals surface area contributed by atoms with Crippen LogP contribution in [-0.2, 0) is 12.6 Å². The first-order valence-corrected chi connectivity index (χ1v) is 5.33. The first-order valence-electron chi connectivity index (χ1n) is 5.33. The molecule has 1 aromatic carbocycles. The second-order valence-electron chi connectivity index (χ2n) is 3.86. The van der Waals surface area contributed by atoms with Crippen LogP contribution in [0.2, 0.25) is 0 Å². The molecule has 0 aliphatic rings. The van der Waals surface area contributed by atoms with E-state index < -0.39 is 11.7 Å². The van der Waals surface area contributed by atoms with Crippen molar-refractivity contribution >= 4 is 93.3 Å². The molecule has 1 nitrogen and oxygen atoms in total. The number of hydrogen-bond acceptors (Lipinski definition) is 1. The van der Waals surface area contributed by atoms with Crippen molar-refractivity contribution in [2.24, 2.45) is 0 Å². The van der Waals surface area contributed by atoms with Crippen LogP contribution in [0.3, 0.4) is 0 Å². The van der Waals surface area contributed by atoms with Crippen LogP contribution in [0.25, 0.3) is 0 Å². The van der Waals surface area contributed by atoms with Crippen molar-refractivity contribution in [2.45, 2.75) is 32.5 Å². The zero-order valence-electron chi connectivity index (χ0n) is 9.84. The Bertz CT molecular complexity index is 350. The van der Waals surface area contributed by atoms with E-state index in [9.17, 15) is 13.2 Å². The molecule has 0 radical (unpaired) electrons. The minimum atomic E-state index is -4.25. The van der Waals surface area contributed by atoms with E-state index in [1.54, 1.807) is 6.07 Å². The van der Waals surface area contributed by atoms with E-state index in [-0.39, 0.29) is 99.4 Å². The van der Waals surface area contributed by atoms with Gasteiger partial charge in [0.05, 0.1) is 5.56 Å². The topological polar surface area (TPSA) is 12.0 Å². The van der Waals surface area contributed by atoms with Crippen molar-refractivity contribution in [3.8, 4) is 0 Å². The Morgan fingerprint density at radius 1 is 1.26 bits per heavy atom. The van der Waals surface area contributed by atoms with Crippen LogP contribution in [-0.4, -0.2) is 93.5 Å². The van der Waals surface area contributed by atoms with Crippen LogP contribution >= 0.6 is 12.4 Å². The van der Waals surface area contributed by atoms with E-state index in [1.165, 1.54) is 12.1 Å². The fraction of sp³-hybridized carbons (Fsp3) is 0.500. The van der Waals surface area contributed by atoms with Gasteiger partial charge in [-0.2, -0.15) is 13.2 Å². The quantitative estimate of drug-likeness (QED) is 0.835. The number of hydrogen-bond donors (Lipinski definition) is 1. The molecule has 19 heavy (non-hydrogen) atoms. The molecular formula is C12H19ClF3KNNa. The van der Waals surface area contributed by atoms with E-state index >= 15 is 0 Å². The SMILES string of the molecule is CCNC(C)Cc1cccc(C(F)(F)F)c1.Cl.[KH].[NaH]. The number of benzene rings is 1. The van der Waals surface area contributed by atoms with Gasteiger partial charge in [0, 0.05) is 6.04 Å². The van der Waals surface area contributed by atoms with E-state index in [2.05, 4.69) is 5.32 Å². The molecule has 0 bridgehead atoms. The van der Waals surface area contributed by atoms with Crippen LogP contribution in [0.1, 0.15) is 25.0 Å². The molecule has 0 aliphatic heterocycles. The number of nitrogens with one attached hydrogen (secondary N) is 1. The average Bonchev–Trinajstić information content (AvgIpc) is 2.17. The van der Waals surface area contributed by atoms with Crippen molar-refractivity contribution < 1.29 is 13.2 Å². The summed E-state index contributed by atoms with van der Waals surface area (Å²) in [5, 5.41) is 3.17. The molecule has 1 unspecified atom stereocenters. The van der Waals surface area contributed by atoms with Gasteiger partial charge in [-0.15, -0.1) is 12.4 Å². The third-order valence-electron chi connectivity index (χ3n) is 2.35. The Morgan fingerprint density at radius 3 is 2.32 bits per heavy atom. The number of alkyl halides is 3. The third-order valence-corrected chi connectivity index (χ3v) is 2.35. The van der Waals surface area contributed by atoms with Crippen molar-refractivity contribution in [1.82, 2.24) is 5.32 Å². The maximum atomic E-state index is 12.4. The summed E-state index contributed by atoms with van der Waals surface area (Å²) in [5.74, 6) is 0. The summed E-state index contributed by atoms with van der Waals surface area (Å²) in [7, 11) is 0. The van der Waals surface area contributed by atoms with Crippen molar-refractivity contribution in [3.63, 3.8) is 0 Å². The summed E-state index contributed by atoms with van der Waals surface area (Å²) in [4.78, 5) is 0.